The number of hydrogen-bond acceptors (Lipinski definition) is 3. The Morgan fingerprint density at radius 2 is 1.78 bits per heavy atom. The van der Waals surface area contributed by atoms with E-state index in [1.54, 1.807) is 0 Å². The molecule has 0 N–H and O–H groups in total. The Kier molecular flexibility index (Phi) is 10.7. The normalized spacial score (nSPS) is 6.00. The fourth-order valence-electron chi connectivity index (χ4n) is 0.102. The second-order valence-corrected chi connectivity index (χ2v) is 0.988. The van der Waals surface area contributed by atoms with Crippen LogP contribution in [0.2, 0.25) is 0 Å². The van der Waals surface area contributed by atoms with E-state index in [2.05, 4.69) is 11.8 Å². The van der Waals surface area contributed by atoms with Gasteiger partial charge in [-0.05, 0) is 0 Å². The number of carbonyl (C=O) groups is 2. The topological polar surface area (TPSA) is 43.4 Å². The van der Waals surface area contributed by atoms with Crippen LogP contribution in [-0.4, -0.2) is 11.8 Å². The standard InChI is InChI=1S/C4H5O3.CH3.Db/c1-3(5)4(6)7-2;;/h2H2,1H3;1H3;/q2*-1;. The second kappa shape index (κ2) is 6.14. The molecule has 0 saturated heterocycles. The van der Waals surface area contributed by atoms with Crippen molar-refractivity contribution in [3.8, 4) is 0 Å². The summed E-state index contributed by atoms with van der Waals surface area (Å²) >= 11 is 0. The Morgan fingerprint density at radius 3 is 1.78 bits per heavy atom. The van der Waals surface area contributed by atoms with Crippen molar-refractivity contribution in [2.75, 3.05) is 0 Å². The Balaban J connectivity index is -0.000000180. The van der Waals surface area contributed by atoms with Gasteiger partial charge >= 0.3 is 5.97 Å². The monoisotopic (exact) mass is 384 g/mol. The summed E-state index contributed by atoms with van der Waals surface area (Å²) in [6.07, 6.45) is 0. The number of rotatable bonds is 1. The van der Waals surface area contributed by atoms with Crippen molar-refractivity contribution < 1.29 is 14.3 Å². The first-order valence-electron chi connectivity index (χ1n) is 1.65. The molecule has 0 spiro atoms. The first-order valence-corrected chi connectivity index (χ1v) is 1.65. The smallest absolute Gasteiger partial charge is 0.342 e. The Morgan fingerprint density at radius 1 is 1.44 bits per heavy atom. The van der Waals surface area contributed by atoms with Crippen molar-refractivity contribution in [1.82, 2.24) is 0 Å². The van der Waals surface area contributed by atoms with Crippen molar-refractivity contribution in [2.45, 2.75) is 6.92 Å². The largest absolute Gasteiger partial charge is 0.634 e. The zero-order chi connectivity index (χ0) is 5.86. The van der Waals surface area contributed by atoms with E-state index in [0.717, 1.165) is 6.92 Å². The van der Waals surface area contributed by atoms with E-state index < -0.39 is 11.8 Å². The molecule has 0 aromatic heterocycles. The quantitative estimate of drug-likeness (QED) is 0.373. The van der Waals surface area contributed by atoms with Crippen molar-refractivity contribution in [3.63, 3.8) is 0 Å². The van der Waals surface area contributed by atoms with Crippen LogP contribution in [0.1, 0.15) is 6.92 Å². The van der Waals surface area contributed by atoms with E-state index in [1.807, 2.05) is 0 Å². The molecule has 0 aromatic carbocycles. The zero-order valence-electron chi connectivity index (χ0n) is 5.64. The number of ketones is 1. The van der Waals surface area contributed by atoms with Crippen LogP contribution in [0, 0.1) is 14.5 Å². The van der Waals surface area contributed by atoms with Crippen LogP contribution in [-0.2, 0) is 14.3 Å². The molecule has 0 unspecified atom stereocenters. The molecule has 0 bridgehead atoms. The van der Waals surface area contributed by atoms with Gasteiger partial charge in [-0.25, -0.2) is 4.79 Å². The van der Waals surface area contributed by atoms with Gasteiger partial charge in [-0.2, -0.15) is 7.11 Å². The van der Waals surface area contributed by atoms with Gasteiger partial charge in [0.2, 0.25) is 5.78 Å². The third kappa shape index (κ3) is 6.14. The minimum atomic E-state index is -0.903. The predicted molar refractivity (Wildman–Crippen MR) is 28.5 cm³/mol. The molecule has 9 heavy (non-hydrogen) atoms. The molecule has 0 aliphatic rings. The molecule has 0 radical (unpaired) electrons. The molecule has 0 aliphatic carbocycles. The predicted octanol–water partition coefficient (Wildman–Crippen LogP) is 0.360. The van der Waals surface area contributed by atoms with Gasteiger partial charge in [0.15, 0.2) is 0 Å². The van der Waals surface area contributed by atoms with Gasteiger partial charge in [-0.3, -0.25) is 4.79 Å². The number of carbonyl (C=O) groups excluding carboxylic acids is 2. The van der Waals surface area contributed by atoms with Gasteiger partial charge in [0.05, 0.1) is 0 Å². The third-order valence-electron chi connectivity index (χ3n) is 0.419. The SMILES string of the molecule is [CH2-]OC(=O)C(C)=O.[CH3-].[Db]. The average molecular weight is 384 g/mol. The van der Waals surface area contributed by atoms with Crippen LogP contribution in [0.15, 0.2) is 0 Å². The van der Waals surface area contributed by atoms with Gasteiger partial charge in [-0.15, -0.1) is 0 Å². The summed E-state index contributed by atoms with van der Waals surface area (Å²) in [6, 6.07) is 0. The van der Waals surface area contributed by atoms with Crippen molar-refractivity contribution in [2.24, 2.45) is 0 Å². The Hall–Kier alpha value is -1.86. The molecular formula is C5H8DbO3-2. The molecule has 4 heteroatoms. The van der Waals surface area contributed by atoms with Gasteiger partial charge in [-0.1, -0.05) is 0 Å². The van der Waals surface area contributed by atoms with Gasteiger partial charge < -0.3 is 12.2 Å². The van der Waals surface area contributed by atoms with Crippen LogP contribution in [0.5, 0.6) is 0 Å². The number of esters is 1. The van der Waals surface area contributed by atoms with E-state index in [9.17, 15) is 9.59 Å². The van der Waals surface area contributed by atoms with Crippen LogP contribution >= 0.6 is 0 Å². The summed E-state index contributed by atoms with van der Waals surface area (Å²) in [5.41, 5.74) is 0. The average Bonchev–Trinajstić information content (AvgIpc) is 1.65. The summed E-state index contributed by atoms with van der Waals surface area (Å²) in [6.45, 7) is 1.12. The number of ether oxygens (including phenoxy) is 1. The maximum absolute atomic E-state index is 9.88. The van der Waals surface area contributed by atoms with E-state index >= 15 is 0 Å². The fraction of sp³-hybridized carbons (Fsp3) is 0.200. The molecule has 0 aliphatic heterocycles. The fourth-order valence-corrected chi connectivity index (χ4v) is 0.102. The maximum atomic E-state index is 9.88. The molecule has 0 fully saturated rings. The first kappa shape index (κ1) is 15.7. The molecule has 0 saturated carbocycles. The van der Waals surface area contributed by atoms with E-state index in [0.29, 0.717) is 0 Å². The molecular weight excluding hydrogens is 376 g/mol. The van der Waals surface area contributed by atoms with Gasteiger partial charge in [0, 0.05) is 6.92 Å². The zero-order valence-corrected chi connectivity index (χ0v) is 12.1. The van der Waals surface area contributed by atoms with Crippen LogP contribution in [0.25, 0.3) is 0 Å². The van der Waals surface area contributed by atoms with Gasteiger partial charge in [0.1, 0.15) is 0 Å². The second-order valence-electron chi connectivity index (χ2n) is 0.988. The molecule has 0 amide bonds. The Labute approximate surface area is 48.6 Å². The molecule has 3 nitrogen and oxygen atoms in total. The van der Waals surface area contributed by atoms with Crippen molar-refractivity contribution in [3.05, 3.63) is 14.5 Å². The minimum Gasteiger partial charge on any atom is -0.634 e. The summed E-state index contributed by atoms with van der Waals surface area (Å²) in [5, 5.41) is 0. The summed E-state index contributed by atoms with van der Waals surface area (Å²) in [7, 11) is 2.74. The summed E-state index contributed by atoms with van der Waals surface area (Å²) in [4.78, 5) is 19.7. The van der Waals surface area contributed by atoms with E-state index in [4.69, 9.17) is 0 Å². The molecule has 0 rings (SSSR count). The first-order chi connectivity index (χ1) is 3.18. The minimum absolute atomic E-state index is 0. The van der Waals surface area contributed by atoms with E-state index in [1.165, 1.54) is 0 Å². The third-order valence-corrected chi connectivity index (χ3v) is 0.419. The van der Waals surface area contributed by atoms with Crippen LogP contribution < -0.4 is 0 Å². The Bertz CT molecular complexity index is 100. The van der Waals surface area contributed by atoms with Crippen molar-refractivity contribution in [1.29, 1.82) is 0 Å². The van der Waals surface area contributed by atoms with Crippen molar-refractivity contribution >= 4 is 11.8 Å². The summed E-state index contributed by atoms with van der Waals surface area (Å²) < 4.78 is 3.77. The molecule has 0 atom stereocenters. The molecule has 50 valence electrons. The van der Waals surface area contributed by atoms with Gasteiger partial charge in [0.25, 0.3) is 0 Å². The molecule has 0 aromatic rings. The van der Waals surface area contributed by atoms with Crippen LogP contribution in [0.4, 0.5) is 0 Å². The molecule has 0 heterocycles. The number of hydrogen-bond donors (Lipinski definition) is 0. The number of Topliss-reactive ketones (excluding diaryl/α,β-unsaturated/α-hetero) is 1. The maximum Gasteiger partial charge on any atom is 0.342 e. The van der Waals surface area contributed by atoms with E-state index in [-0.39, 0.29) is 7.43 Å². The summed E-state index contributed by atoms with van der Waals surface area (Å²) in [5.74, 6) is -1.53. The van der Waals surface area contributed by atoms with Crippen LogP contribution in [0.3, 0.4) is 0 Å².